The van der Waals surface area contributed by atoms with E-state index in [9.17, 15) is 0 Å². The fourth-order valence-corrected chi connectivity index (χ4v) is 8.64. The van der Waals surface area contributed by atoms with Crippen molar-refractivity contribution in [3.05, 3.63) is 152 Å². The number of nitrogens with zero attached hydrogens (tertiary/aromatic N) is 3. The number of hydrogen-bond donors (Lipinski definition) is 0. The molecule has 6 heteroatoms. The zero-order valence-corrected chi connectivity index (χ0v) is 27.8. The fourth-order valence-electron chi connectivity index (χ4n) is 7.41. The molecule has 11 rings (SSSR count). The molecular weight excluding hydrogens is 647 g/mol. The van der Waals surface area contributed by atoms with Crippen LogP contribution in [0.15, 0.2) is 160 Å². The molecule has 0 aliphatic carbocycles. The van der Waals surface area contributed by atoms with Crippen molar-refractivity contribution in [2.45, 2.75) is 0 Å². The van der Waals surface area contributed by atoms with Crippen LogP contribution < -0.4 is 0 Å². The minimum atomic E-state index is 0.572. The summed E-state index contributed by atoms with van der Waals surface area (Å²) in [6, 6.07) is 52.0. The SMILES string of the molecule is c1ccc(-c2nc(-c3ccc4c(c3)oc3ccccc34)nc(-c3cccc4oc5c(-c6cccc7c6sc6ccccc67)cccc5c34)n2)cc1. The number of rotatable bonds is 4. The first-order valence-electron chi connectivity index (χ1n) is 16.9. The maximum atomic E-state index is 6.75. The standard InChI is InChI=1S/C45H25N3O2S/c1-2-11-26(12-3-1)43-46-44(27-23-24-29-28-13-4-6-20-36(28)49-38(29)25-27)48-45(47-43)35-19-10-21-37-40(35)34-18-8-15-31(41(34)50-37)33-17-9-16-32-30-14-5-7-22-39(30)51-42(32)33/h1-25H. The molecule has 0 spiro atoms. The lowest BCUT2D eigenvalue weighted by Gasteiger charge is -2.09. The third-order valence-electron chi connectivity index (χ3n) is 9.76. The highest BCUT2D eigenvalue weighted by atomic mass is 32.1. The van der Waals surface area contributed by atoms with Crippen molar-refractivity contribution in [3.8, 4) is 45.3 Å². The second-order valence-electron chi connectivity index (χ2n) is 12.7. The van der Waals surface area contributed by atoms with Gasteiger partial charge >= 0.3 is 0 Å². The molecule has 0 fully saturated rings. The van der Waals surface area contributed by atoms with Crippen LogP contribution in [0.4, 0.5) is 0 Å². The quantitative estimate of drug-likeness (QED) is 0.186. The lowest BCUT2D eigenvalue weighted by atomic mass is 9.99. The van der Waals surface area contributed by atoms with Crippen molar-refractivity contribution in [1.29, 1.82) is 0 Å². The Labute approximate surface area is 295 Å². The monoisotopic (exact) mass is 671 g/mol. The maximum Gasteiger partial charge on any atom is 0.164 e. The summed E-state index contributed by atoms with van der Waals surface area (Å²) in [5.74, 6) is 1.75. The first-order valence-corrected chi connectivity index (χ1v) is 17.7. The van der Waals surface area contributed by atoms with Crippen LogP contribution in [0.25, 0.3) is 109 Å². The molecule has 4 heterocycles. The highest BCUT2D eigenvalue weighted by Gasteiger charge is 2.21. The van der Waals surface area contributed by atoms with Crippen LogP contribution in [0.2, 0.25) is 0 Å². The van der Waals surface area contributed by atoms with E-state index < -0.39 is 0 Å². The van der Waals surface area contributed by atoms with Gasteiger partial charge < -0.3 is 8.83 Å². The molecule has 5 nitrogen and oxygen atoms in total. The molecule has 0 N–H and O–H groups in total. The number of fused-ring (bicyclic) bond motifs is 9. The summed E-state index contributed by atoms with van der Waals surface area (Å²) >= 11 is 1.82. The van der Waals surface area contributed by atoms with Crippen molar-refractivity contribution in [2.24, 2.45) is 0 Å². The summed E-state index contributed by atoms with van der Waals surface area (Å²) in [4.78, 5) is 15.2. The Bertz CT molecular complexity index is 3160. The molecule has 4 aromatic heterocycles. The van der Waals surface area contributed by atoms with Gasteiger partial charge in [0.05, 0.1) is 0 Å². The fraction of sp³-hybridized carbons (Fsp3) is 0. The van der Waals surface area contributed by atoms with E-state index in [1.807, 2.05) is 78.1 Å². The molecule has 0 aliphatic heterocycles. The van der Waals surface area contributed by atoms with E-state index in [0.717, 1.165) is 71.7 Å². The number of furan rings is 2. The molecule has 238 valence electrons. The Hall–Kier alpha value is -6.63. The summed E-state index contributed by atoms with van der Waals surface area (Å²) in [7, 11) is 0. The zero-order valence-electron chi connectivity index (χ0n) is 27.0. The topological polar surface area (TPSA) is 65.0 Å². The van der Waals surface area contributed by atoms with Crippen molar-refractivity contribution in [2.75, 3.05) is 0 Å². The largest absolute Gasteiger partial charge is 0.456 e. The van der Waals surface area contributed by atoms with Gasteiger partial charge in [-0.25, -0.2) is 15.0 Å². The normalized spacial score (nSPS) is 11.9. The van der Waals surface area contributed by atoms with Gasteiger partial charge in [-0.1, -0.05) is 121 Å². The molecule has 0 aliphatic rings. The third-order valence-corrected chi connectivity index (χ3v) is 11.0. The molecule has 0 amide bonds. The molecule has 0 atom stereocenters. The minimum Gasteiger partial charge on any atom is -0.456 e. The highest BCUT2D eigenvalue weighted by molar-refractivity contribution is 7.26. The van der Waals surface area contributed by atoms with Crippen molar-refractivity contribution in [3.63, 3.8) is 0 Å². The zero-order chi connectivity index (χ0) is 33.5. The predicted molar refractivity (Wildman–Crippen MR) is 209 cm³/mol. The third kappa shape index (κ3) is 4.37. The molecule has 51 heavy (non-hydrogen) atoms. The van der Waals surface area contributed by atoms with E-state index in [1.54, 1.807) is 0 Å². The van der Waals surface area contributed by atoms with Gasteiger partial charge in [-0.3, -0.25) is 0 Å². The summed E-state index contributed by atoms with van der Waals surface area (Å²) in [6.45, 7) is 0. The van der Waals surface area contributed by atoms with Crippen LogP contribution in [0.5, 0.6) is 0 Å². The van der Waals surface area contributed by atoms with E-state index in [2.05, 4.69) is 84.9 Å². The van der Waals surface area contributed by atoms with E-state index in [1.165, 1.54) is 20.2 Å². The summed E-state index contributed by atoms with van der Waals surface area (Å²) in [5.41, 5.74) is 8.15. The Kier molecular flexibility index (Phi) is 6.05. The number of benzene rings is 7. The molecule has 0 radical (unpaired) electrons. The van der Waals surface area contributed by atoms with Gasteiger partial charge in [0.25, 0.3) is 0 Å². The van der Waals surface area contributed by atoms with Gasteiger partial charge in [0.15, 0.2) is 17.5 Å². The van der Waals surface area contributed by atoms with Crippen LogP contribution in [-0.4, -0.2) is 15.0 Å². The van der Waals surface area contributed by atoms with Gasteiger partial charge in [0.1, 0.15) is 22.3 Å². The van der Waals surface area contributed by atoms with Crippen LogP contribution in [-0.2, 0) is 0 Å². The van der Waals surface area contributed by atoms with Crippen molar-refractivity contribution < 1.29 is 8.83 Å². The molecule has 0 unspecified atom stereocenters. The smallest absolute Gasteiger partial charge is 0.164 e. The second kappa shape index (κ2) is 10.9. The average Bonchev–Trinajstić information content (AvgIpc) is 3.89. The van der Waals surface area contributed by atoms with Gasteiger partial charge in [0, 0.05) is 69.5 Å². The molecule has 0 saturated heterocycles. The van der Waals surface area contributed by atoms with Gasteiger partial charge in [-0.15, -0.1) is 11.3 Å². The molecule has 7 aromatic carbocycles. The van der Waals surface area contributed by atoms with Gasteiger partial charge in [-0.05, 0) is 30.3 Å². The number of thiophene rings is 1. The van der Waals surface area contributed by atoms with E-state index in [0.29, 0.717) is 17.5 Å². The predicted octanol–water partition coefficient (Wildman–Crippen LogP) is 12.7. The van der Waals surface area contributed by atoms with Gasteiger partial charge in [-0.2, -0.15) is 0 Å². The lowest BCUT2D eigenvalue weighted by molar-refractivity contribution is 0.669. The van der Waals surface area contributed by atoms with Crippen LogP contribution >= 0.6 is 11.3 Å². The Balaban J connectivity index is 1.13. The number of para-hydroxylation sites is 2. The minimum absolute atomic E-state index is 0.572. The Morgan fingerprint density at radius 3 is 1.94 bits per heavy atom. The number of aromatic nitrogens is 3. The average molecular weight is 672 g/mol. The summed E-state index contributed by atoms with van der Waals surface area (Å²) in [6.07, 6.45) is 0. The van der Waals surface area contributed by atoms with Crippen LogP contribution in [0.1, 0.15) is 0 Å². The number of hydrogen-bond acceptors (Lipinski definition) is 6. The Morgan fingerprint density at radius 2 is 1.04 bits per heavy atom. The first-order chi connectivity index (χ1) is 25.3. The molecule has 0 bridgehead atoms. The Morgan fingerprint density at radius 1 is 0.392 bits per heavy atom. The van der Waals surface area contributed by atoms with E-state index in [-0.39, 0.29) is 0 Å². The van der Waals surface area contributed by atoms with Crippen molar-refractivity contribution >= 4 is 75.4 Å². The molecule has 0 saturated carbocycles. The van der Waals surface area contributed by atoms with Gasteiger partial charge in [0.2, 0.25) is 0 Å². The van der Waals surface area contributed by atoms with Crippen LogP contribution in [0.3, 0.4) is 0 Å². The van der Waals surface area contributed by atoms with Crippen LogP contribution in [0, 0.1) is 0 Å². The lowest BCUT2D eigenvalue weighted by Crippen LogP contribution is -2.00. The first kappa shape index (κ1) is 28.2. The molecular formula is C45H25N3O2S. The van der Waals surface area contributed by atoms with Crippen molar-refractivity contribution in [1.82, 2.24) is 15.0 Å². The molecule has 11 aromatic rings. The van der Waals surface area contributed by atoms with E-state index >= 15 is 0 Å². The van der Waals surface area contributed by atoms with E-state index in [4.69, 9.17) is 23.8 Å². The maximum absolute atomic E-state index is 6.75. The summed E-state index contributed by atoms with van der Waals surface area (Å²) < 4.78 is 15.5. The second-order valence-corrected chi connectivity index (χ2v) is 13.8. The summed E-state index contributed by atoms with van der Waals surface area (Å²) in [5, 5.41) is 6.67. The highest BCUT2D eigenvalue weighted by Crippen LogP contribution is 2.45.